The van der Waals surface area contributed by atoms with Crippen LogP contribution < -0.4 is 11.1 Å². The summed E-state index contributed by atoms with van der Waals surface area (Å²) in [6.07, 6.45) is 4.49. The van der Waals surface area contributed by atoms with Gasteiger partial charge in [-0.05, 0) is 25.3 Å². The quantitative estimate of drug-likeness (QED) is 0.344. The van der Waals surface area contributed by atoms with Gasteiger partial charge in [-0.25, -0.2) is 0 Å². The third-order valence-corrected chi connectivity index (χ3v) is 4.36. The maximum Gasteiger partial charge on any atom is 0.228 e. The summed E-state index contributed by atoms with van der Waals surface area (Å²) >= 11 is 0. The average Bonchev–Trinajstić information content (AvgIpc) is 2.55. The molecule has 1 aliphatic carbocycles. The molecule has 2 rings (SSSR count). The van der Waals surface area contributed by atoms with Crippen LogP contribution in [-0.4, -0.2) is 22.5 Å². The van der Waals surface area contributed by atoms with Gasteiger partial charge in [-0.1, -0.05) is 54.8 Å². The molecule has 1 saturated carbocycles. The average molecular weight is 289 g/mol. The number of nitrogens with one attached hydrogen (secondary N) is 1. The number of amidine groups is 1. The van der Waals surface area contributed by atoms with Gasteiger partial charge >= 0.3 is 0 Å². The van der Waals surface area contributed by atoms with E-state index in [2.05, 4.69) is 10.5 Å². The van der Waals surface area contributed by atoms with Gasteiger partial charge in [0.2, 0.25) is 5.91 Å². The molecule has 4 N–H and O–H groups in total. The number of hydrogen-bond donors (Lipinski definition) is 3. The Bertz CT molecular complexity index is 508. The highest BCUT2D eigenvalue weighted by Gasteiger charge is 2.39. The zero-order valence-corrected chi connectivity index (χ0v) is 12.4. The fourth-order valence-corrected chi connectivity index (χ4v) is 2.93. The third-order valence-electron chi connectivity index (χ3n) is 4.36. The Labute approximate surface area is 125 Å². The Balaban J connectivity index is 2.15. The lowest BCUT2D eigenvalue weighted by Crippen LogP contribution is -2.59. The largest absolute Gasteiger partial charge is 0.409 e. The van der Waals surface area contributed by atoms with Crippen molar-refractivity contribution in [1.82, 2.24) is 5.32 Å². The van der Waals surface area contributed by atoms with E-state index in [4.69, 9.17) is 10.9 Å². The minimum absolute atomic E-state index is 0.0882. The van der Waals surface area contributed by atoms with Crippen LogP contribution in [0.15, 0.2) is 35.5 Å². The van der Waals surface area contributed by atoms with Crippen LogP contribution >= 0.6 is 0 Å². The SMILES string of the molecule is CC(C(=O)NC1(/C(N)=N/O)CCCCC1)c1ccccc1. The van der Waals surface area contributed by atoms with E-state index >= 15 is 0 Å². The smallest absolute Gasteiger partial charge is 0.228 e. The van der Waals surface area contributed by atoms with Crippen LogP contribution in [0.1, 0.15) is 50.5 Å². The molecule has 1 fully saturated rings. The third kappa shape index (κ3) is 3.35. The molecule has 0 heterocycles. The maximum atomic E-state index is 12.5. The zero-order chi connectivity index (χ0) is 15.3. The monoisotopic (exact) mass is 289 g/mol. The molecular weight excluding hydrogens is 266 g/mol. The predicted octanol–water partition coefficient (Wildman–Crippen LogP) is 2.36. The van der Waals surface area contributed by atoms with Gasteiger partial charge in [0.15, 0.2) is 5.84 Å². The molecule has 5 nitrogen and oxygen atoms in total. The molecule has 0 bridgehead atoms. The second kappa shape index (κ2) is 6.61. The van der Waals surface area contributed by atoms with Crippen molar-refractivity contribution in [2.24, 2.45) is 10.9 Å². The van der Waals surface area contributed by atoms with E-state index in [0.29, 0.717) is 0 Å². The highest BCUT2D eigenvalue weighted by molar-refractivity contribution is 5.95. The summed E-state index contributed by atoms with van der Waals surface area (Å²) in [5.41, 5.74) is 6.11. The first kappa shape index (κ1) is 15.4. The summed E-state index contributed by atoms with van der Waals surface area (Å²) < 4.78 is 0. The topological polar surface area (TPSA) is 87.7 Å². The molecule has 0 aromatic heterocycles. The van der Waals surface area contributed by atoms with Crippen LogP contribution in [0.4, 0.5) is 0 Å². The second-order valence-corrected chi connectivity index (χ2v) is 5.75. The molecule has 1 aliphatic rings. The molecule has 0 spiro atoms. The molecule has 1 unspecified atom stereocenters. The van der Waals surface area contributed by atoms with E-state index in [0.717, 1.165) is 37.7 Å². The fraction of sp³-hybridized carbons (Fsp3) is 0.500. The van der Waals surface area contributed by atoms with Gasteiger partial charge in [0.1, 0.15) is 5.54 Å². The Morgan fingerprint density at radius 2 is 1.90 bits per heavy atom. The molecule has 1 aromatic carbocycles. The van der Waals surface area contributed by atoms with Crippen molar-refractivity contribution in [1.29, 1.82) is 0 Å². The molecule has 5 heteroatoms. The number of rotatable bonds is 4. The van der Waals surface area contributed by atoms with Crippen molar-refractivity contribution in [3.63, 3.8) is 0 Å². The fourth-order valence-electron chi connectivity index (χ4n) is 2.93. The highest BCUT2D eigenvalue weighted by atomic mass is 16.4. The molecule has 0 radical (unpaired) electrons. The summed E-state index contributed by atoms with van der Waals surface area (Å²) in [5.74, 6) is -0.248. The molecule has 0 saturated heterocycles. The minimum Gasteiger partial charge on any atom is -0.409 e. The van der Waals surface area contributed by atoms with Gasteiger partial charge in [-0.15, -0.1) is 0 Å². The van der Waals surface area contributed by atoms with Crippen molar-refractivity contribution in [2.75, 3.05) is 0 Å². The normalized spacial score (nSPS) is 19.8. The van der Waals surface area contributed by atoms with Gasteiger partial charge in [0.05, 0.1) is 5.92 Å². The minimum atomic E-state index is -0.701. The van der Waals surface area contributed by atoms with Gasteiger partial charge < -0.3 is 16.3 Å². The number of carbonyl (C=O) groups is 1. The van der Waals surface area contributed by atoms with Gasteiger partial charge in [-0.2, -0.15) is 0 Å². The predicted molar refractivity (Wildman–Crippen MR) is 82.2 cm³/mol. The lowest BCUT2D eigenvalue weighted by Gasteiger charge is -2.37. The van der Waals surface area contributed by atoms with Crippen molar-refractivity contribution >= 4 is 11.7 Å². The van der Waals surface area contributed by atoms with Crippen molar-refractivity contribution in [3.05, 3.63) is 35.9 Å². The number of carbonyl (C=O) groups excluding carboxylic acids is 1. The molecule has 21 heavy (non-hydrogen) atoms. The van der Waals surface area contributed by atoms with E-state index in [1.54, 1.807) is 0 Å². The molecule has 114 valence electrons. The van der Waals surface area contributed by atoms with E-state index in [-0.39, 0.29) is 17.7 Å². The van der Waals surface area contributed by atoms with E-state index < -0.39 is 5.54 Å². The maximum absolute atomic E-state index is 12.5. The van der Waals surface area contributed by atoms with Crippen LogP contribution in [0, 0.1) is 0 Å². The molecule has 1 atom stereocenters. The number of oxime groups is 1. The van der Waals surface area contributed by atoms with Crippen LogP contribution in [0.2, 0.25) is 0 Å². The van der Waals surface area contributed by atoms with Crippen molar-refractivity contribution in [3.8, 4) is 0 Å². The molecule has 1 amide bonds. The van der Waals surface area contributed by atoms with Gasteiger partial charge in [-0.3, -0.25) is 4.79 Å². The zero-order valence-electron chi connectivity index (χ0n) is 12.4. The number of benzene rings is 1. The first-order valence-electron chi connectivity index (χ1n) is 7.44. The molecular formula is C16H23N3O2. The summed E-state index contributed by atoms with van der Waals surface area (Å²) in [7, 11) is 0. The van der Waals surface area contributed by atoms with E-state index in [9.17, 15) is 4.79 Å². The van der Waals surface area contributed by atoms with Crippen LogP contribution in [-0.2, 0) is 4.79 Å². The Kier molecular flexibility index (Phi) is 4.83. The summed E-state index contributed by atoms with van der Waals surface area (Å²) in [6.45, 7) is 1.87. The first-order chi connectivity index (χ1) is 10.1. The van der Waals surface area contributed by atoms with Crippen molar-refractivity contribution in [2.45, 2.75) is 50.5 Å². The second-order valence-electron chi connectivity index (χ2n) is 5.75. The van der Waals surface area contributed by atoms with Gasteiger partial charge in [0.25, 0.3) is 0 Å². The summed E-state index contributed by atoms with van der Waals surface area (Å²) in [4.78, 5) is 12.5. The molecule has 0 aliphatic heterocycles. The van der Waals surface area contributed by atoms with Crippen LogP contribution in [0.3, 0.4) is 0 Å². The standard InChI is InChI=1S/C16H23N3O2/c1-12(13-8-4-2-5-9-13)14(20)18-16(15(17)19-21)10-6-3-7-11-16/h2,4-5,8-9,12,21H,3,6-7,10-11H2,1H3,(H2,17,19)(H,18,20). The van der Waals surface area contributed by atoms with Crippen molar-refractivity contribution < 1.29 is 10.0 Å². The lowest BCUT2D eigenvalue weighted by atomic mass is 9.80. The number of hydrogen-bond acceptors (Lipinski definition) is 3. The Hall–Kier alpha value is -2.04. The first-order valence-corrected chi connectivity index (χ1v) is 7.44. The molecule has 1 aromatic rings. The van der Waals surface area contributed by atoms with E-state index in [1.165, 1.54) is 0 Å². The summed E-state index contributed by atoms with van der Waals surface area (Å²) in [6, 6.07) is 9.62. The lowest BCUT2D eigenvalue weighted by molar-refractivity contribution is -0.123. The number of nitrogens with two attached hydrogens (primary N) is 1. The Morgan fingerprint density at radius 3 is 2.48 bits per heavy atom. The van der Waals surface area contributed by atoms with Gasteiger partial charge in [0, 0.05) is 0 Å². The number of amides is 1. The highest BCUT2D eigenvalue weighted by Crippen LogP contribution is 2.29. The van der Waals surface area contributed by atoms with Crippen LogP contribution in [0.5, 0.6) is 0 Å². The van der Waals surface area contributed by atoms with Crippen LogP contribution in [0.25, 0.3) is 0 Å². The number of nitrogens with zero attached hydrogens (tertiary/aromatic N) is 1. The summed E-state index contributed by atoms with van der Waals surface area (Å²) in [5, 5.41) is 15.2. The van der Waals surface area contributed by atoms with E-state index in [1.807, 2.05) is 37.3 Å². The Morgan fingerprint density at radius 1 is 1.29 bits per heavy atom.